The molecule has 0 saturated carbocycles. The molecule has 7 nitrogen and oxygen atoms in total. The van der Waals surface area contributed by atoms with E-state index in [0.717, 1.165) is 13.0 Å². The lowest BCUT2D eigenvalue weighted by atomic mass is 10.1. The van der Waals surface area contributed by atoms with Gasteiger partial charge in [-0.25, -0.2) is 4.68 Å². The molecule has 116 valence electrons. The number of nitrogens with one attached hydrogen (secondary N) is 1. The minimum absolute atomic E-state index is 0.0895. The highest BCUT2D eigenvalue weighted by atomic mass is 16.4. The molecule has 1 fully saturated rings. The molecule has 1 aromatic rings. The van der Waals surface area contributed by atoms with Gasteiger partial charge in [-0.2, -0.15) is 5.10 Å². The van der Waals surface area contributed by atoms with Crippen LogP contribution in [0.15, 0.2) is 12.3 Å². The molecule has 1 aromatic heterocycles. The lowest BCUT2D eigenvalue weighted by Gasteiger charge is -2.16. The van der Waals surface area contributed by atoms with Crippen molar-refractivity contribution in [3.63, 3.8) is 0 Å². The second-order valence-corrected chi connectivity index (χ2v) is 5.79. The number of nitrogens with zero attached hydrogens (tertiary/aromatic N) is 3. The van der Waals surface area contributed by atoms with E-state index >= 15 is 0 Å². The number of carbonyl (C=O) groups is 2. The SMILES string of the molecule is CC(C)n1nccc1NC(=O)CN1CCC(CC(=O)O)C1. The molecule has 0 bridgehead atoms. The molecule has 7 heteroatoms. The summed E-state index contributed by atoms with van der Waals surface area (Å²) in [7, 11) is 0. The highest BCUT2D eigenvalue weighted by Crippen LogP contribution is 2.19. The van der Waals surface area contributed by atoms with Crippen molar-refractivity contribution in [3.05, 3.63) is 12.3 Å². The van der Waals surface area contributed by atoms with Gasteiger partial charge in [0.1, 0.15) is 5.82 Å². The van der Waals surface area contributed by atoms with Crippen LogP contribution in [0.3, 0.4) is 0 Å². The molecule has 0 radical (unpaired) electrons. The van der Waals surface area contributed by atoms with Crippen LogP contribution >= 0.6 is 0 Å². The molecule has 1 aliphatic heterocycles. The summed E-state index contributed by atoms with van der Waals surface area (Å²) in [6.07, 6.45) is 2.68. The molecule has 1 atom stereocenters. The topological polar surface area (TPSA) is 87.5 Å². The van der Waals surface area contributed by atoms with Crippen LogP contribution in [0.4, 0.5) is 5.82 Å². The fourth-order valence-corrected chi connectivity index (χ4v) is 2.68. The third kappa shape index (κ3) is 4.29. The molecule has 1 saturated heterocycles. The Balaban J connectivity index is 1.83. The number of hydrogen-bond acceptors (Lipinski definition) is 4. The summed E-state index contributed by atoms with van der Waals surface area (Å²) in [5.41, 5.74) is 0. The van der Waals surface area contributed by atoms with E-state index in [9.17, 15) is 9.59 Å². The summed E-state index contributed by atoms with van der Waals surface area (Å²) in [6, 6.07) is 1.96. The van der Waals surface area contributed by atoms with Crippen LogP contribution in [0.1, 0.15) is 32.7 Å². The second kappa shape index (κ2) is 6.71. The van der Waals surface area contributed by atoms with Crippen molar-refractivity contribution in [2.45, 2.75) is 32.7 Å². The van der Waals surface area contributed by atoms with Gasteiger partial charge in [0.2, 0.25) is 5.91 Å². The van der Waals surface area contributed by atoms with E-state index in [2.05, 4.69) is 10.4 Å². The van der Waals surface area contributed by atoms with E-state index < -0.39 is 5.97 Å². The quantitative estimate of drug-likeness (QED) is 0.823. The van der Waals surface area contributed by atoms with E-state index in [1.807, 2.05) is 18.7 Å². The molecule has 2 N–H and O–H groups in total. The standard InChI is InChI=1S/C14H22N4O3/c1-10(2)18-12(3-5-15-18)16-13(19)9-17-6-4-11(8-17)7-14(20)21/h3,5,10-11H,4,6-9H2,1-2H3,(H,16,19)(H,20,21). The first-order chi connectivity index (χ1) is 9.95. The Labute approximate surface area is 123 Å². The zero-order chi connectivity index (χ0) is 15.4. The highest BCUT2D eigenvalue weighted by molar-refractivity contribution is 5.91. The molecule has 1 amide bonds. The summed E-state index contributed by atoms with van der Waals surface area (Å²) in [5, 5.41) is 15.8. The summed E-state index contributed by atoms with van der Waals surface area (Å²) < 4.78 is 1.76. The summed E-state index contributed by atoms with van der Waals surface area (Å²) in [4.78, 5) is 24.7. The van der Waals surface area contributed by atoms with Crippen LogP contribution in [0.25, 0.3) is 0 Å². The molecule has 2 rings (SSSR count). The number of hydrogen-bond donors (Lipinski definition) is 2. The maximum Gasteiger partial charge on any atom is 0.303 e. The number of carboxylic acid groups (broad SMARTS) is 1. The van der Waals surface area contributed by atoms with Crippen LogP contribution in [-0.2, 0) is 9.59 Å². The Morgan fingerprint density at radius 2 is 2.29 bits per heavy atom. The van der Waals surface area contributed by atoms with Crippen LogP contribution in [0, 0.1) is 5.92 Å². The van der Waals surface area contributed by atoms with E-state index in [1.165, 1.54) is 0 Å². The molecule has 0 aliphatic carbocycles. The van der Waals surface area contributed by atoms with Crippen molar-refractivity contribution in [1.82, 2.24) is 14.7 Å². The third-order valence-electron chi connectivity index (χ3n) is 3.63. The Morgan fingerprint density at radius 3 is 2.95 bits per heavy atom. The van der Waals surface area contributed by atoms with Crippen LogP contribution in [-0.4, -0.2) is 51.3 Å². The predicted octanol–water partition coefficient (Wildman–Crippen LogP) is 1.20. The summed E-state index contributed by atoms with van der Waals surface area (Å²) in [6.45, 7) is 5.73. The van der Waals surface area contributed by atoms with Crippen molar-refractivity contribution >= 4 is 17.7 Å². The Hall–Kier alpha value is -1.89. The van der Waals surface area contributed by atoms with Crippen LogP contribution in [0.5, 0.6) is 0 Å². The Kier molecular flexibility index (Phi) is 4.95. The van der Waals surface area contributed by atoms with Gasteiger partial charge in [0.05, 0.1) is 12.7 Å². The van der Waals surface area contributed by atoms with E-state index in [1.54, 1.807) is 16.9 Å². The van der Waals surface area contributed by atoms with E-state index in [4.69, 9.17) is 5.11 Å². The van der Waals surface area contributed by atoms with Crippen molar-refractivity contribution in [2.75, 3.05) is 25.0 Å². The van der Waals surface area contributed by atoms with Gasteiger partial charge in [0, 0.05) is 25.1 Å². The zero-order valence-electron chi connectivity index (χ0n) is 12.5. The lowest BCUT2D eigenvalue weighted by molar-refractivity contribution is -0.138. The Morgan fingerprint density at radius 1 is 1.52 bits per heavy atom. The smallest absolute Gasteiger partial charge is 0.303 e. The van der Waals surface area contributed by atoms with Crippen molar-refractivity contribution in [2.24, 2.45) is 5.92 Å². The summed E-state index contributed by atoms with van der Waals surface area (Å²) in [5.74, 6) is -0.0201. The maximum absolute atomic E-state index is 12.1. The van der Waals surface area contributed by atoms with Gasteiger partial charge in [0.15, 0.2) is 0 Å². The van der Waals surface area contributed by atoms with Gasteiger partial charge in [0.25, 0.3) is 0 Å². The largest absolute Gasteiger partial charge is 0.481 e. The van der Waals surface area contributed by atoms with Crippen molar-refractivity contribution in [3.8, 4) is 0 Å². The number of aromatic nitrogens is 2. The number of aliphatic carboxylic acids is 1. The minimum Gasteiger partial charge on any atom is -0.481 e. The first-order valence-corrected chi connectivity index (χ1v) is 7.23. The predicted molar refractivity (Wildman–Crippen MR) is 78.0 cm³/mol. The van der Waals surface area contributed by atoms with Gasteiger partial charge >= 0.3 is 5.97 Å². The fourth-order valence-electron chi connectivity index (χ4n) is 2.68. The monoisotopic (exact) mass is 294 g/mol. The average molecular weight is 294 g/mol. The van der Waals surface area contributed by atoms with E-state index in [0.29, 0.717) is 18.9 Å². The van der Waals surface area contributed by atoms with Crippen molar-refractivity contribution in [1.29, 1.82) is 0 Å². The van der Waals surface area contributed by atoms with Gasteiger partial charge in [-0.15, -0.1) is 0 Å². The first kappa shape index (κ1) is 15.5. The first-order valence-electron chi connectivity index (χ1n) is 7.23. The number of amides is 1. The maximum atomic E-state index is 12.1. The molecule has 2 heterocycles. The normalized spacial score (nSPS) is 19.1. The Bertz CT molecular complexity index is 512. The molecular weight excluding hydrogens is 272 g/mol. The minimum atomic E-state index is -0.771. The van der Waals surface area contributed by atoms with Crippen LogP contribution < -0.4 is 5.32 Å². The number of carboxylic acids is 1. The van der Waals surface area contributed by atoms with Gasteiger partial charge in [-0.3, -0.25) is 14.5 Å². The average Bonchev–Trinajstić information content (AvgIpc) is 2.98. The number of likely N-dealkylation sites (tertiary alicyclic amines) is 1. The molecule has 21 heavy (non-hydrogen) atoms. The fraction of sp³-hybridized carbons (Fsp3) is 0.643. The van der Waals surface area contributed by atoms with E-state index in [-0.39, 0.29) is 24.3 Å². The number of rotatable bonds is 6. The molecule has 0 aromatic carbocycles. The molecular formula is C14H22N4O3. The molecule has 1 aliphatic rings. The highest BCUT2D eigenvalue weighted by Gasteiger charge is 2.25. The van der Waals surface area contributed by atoms with Crippen LogP contribution in [0.2, 0.25) is 0 Å². The third-order valence-corrected chi connectivity index (χ3v) is 3.63. The second-order valence-electron chi connectivity index (χ2n) is 5.79. The lowest BCUT2D eigenvalue weighted by Crippen LogP contribution is -2.32. The van der Waals surface area contributed by atoms with Gasteiger partial charge in [-0.1, -0.05) is 0 Å². The van der Waals surface area contributed by atoms with Crippen molar-refractivity contribution < 1.29 is 14.7 Å². The van der Waals surface area contributed by atoms with Gasteiger partial charge in [-0.05, 0) is 32.7 Å². The molecule has 1 unspecified atom stereocenters. The van der Waals surface area contributed by atoms with Gasteiger partial charge < -0.3 is 10.4 Å². The number of carbonyl (C=O) groups excluding carboxylic acids is 1. The number of anilines is 1. The zero-order valence-corrected chi connectivity index (χ0v) is 12.5. The molecule has 0 spiro atoms. The summed E-state index contributed by atoms with van der Waals surface area (Å²) >= 11 is 0.